The van der Waals surface area contributed by atoms with Gasteiger partial charge < -0.3 is 29.6 Å². The molecule has 2 aliphatic rings. The highest BCUT2D eigenvalue weighted by molar-refractivity contribution is 9.10. The van der Waals surface area contributed by atoms with Crippen LogP contribution in [0.5, 0.6) is 5.75 Å². The molecule has 3 heterocycles. The summed E-state index contributed by atoms with van der Waals surface area (Å²) in [5, 5.41) is 8.56. The molecule has 2 fully saturated rings. The molecule has 0 bridgehead atoms. The average Bonchev–Trinajstić information content (AvgIpc) is 3.84. The van der Waals surface area contributed by atoms with Crippen molar-refractivity contribution in [1.29, 1.82) is 0 Å². The fourth-order valence-electron chi connectivity index (χ4n) is 5.64. The van der Waals surface area contributed by atoms with Crippen molar-refractivity contribution in [2.75, 3.05) is 62.3 Å². The molecule has 6 rings (SSSR count). The van der Waals surface area contributed by atoms with E-state index in [0.29, 0.717) is 35.4 Å². The Morgan fingerprint density at radius 3 is 2.49 bits per heavy atom. The lowest BCUT2D eigenvalue weighted by molar-refractivity contribution is 0.122. The number of fused-ring (bicyclic) bond motifs is 1. The Kier molecular flexibility index (Phi) is 8.37. The zero-order valence-corrected chi connectivity index (χ0v) is 27.8. The van der Waals surface area contributed by atoms with Crippen LogP contribution in [0.1, 0.15) is 49.8 Å². The van der Waals surface area contributed by atoms with Crippen LogP contribution >= 0.6 is 23.1 Å². The summed E-state index contributed by atoms with van der Waals surface area (Å²) in [7, 11) is -0.995. The van der Waals surface area contributed by atoms with Crippen LogP contribution in [0, 0.1) is 0 Å². The minimum absolute atomic E-state index is 0.249. The molecule has 2 aromatic heterocycles. The van der Waals surface area contributed by atoms with E-state index < -0.39 is 7.14 Å². The topological polar surface area (TPSA) is 102 Å². The summed E-state index contributed by atoms with van der Waals surface area (Å²) >= 11 is 3.61. The summed E-state index contributed by atoms with van der Waals surface area (Å²) in [6.45, 7) is 11.0. The molecular formula is C32H38BrN6O3P. The predicted molar refractivity (Wildman–Crippen MR) is 179 cm³/mol. The van der Waals surface area contributed by atoms with E-state index in [2.05, 4.69) is 68.5 Å². The van der Waals surface area contributed by atoms with Gasteiger partial charge in [0.1, 0.15) is 18.7 Å². The Bertz CT molecular complexity index is 1720. The second kappa shape index (κ2) is 12.1. The number of anilines is 5. The van der Waals surface area contributed by atoms with Gasteiger partial charge in [0.25, 0.3) is 0 Å². The first-order chi connectivity index (χ1) is 20.6. The summed E-state index contributed by atoms with van der Waals surface area (Å²) in [5.74, 6) is 2.58. The quantitative estimate of drug-likeness (QED) is 0.178. The van der Waals surface area contributed by atoms with Gasteiger partial charge in [-0.15, -0.1) is 0 Å². The third kappa shape index (κ3) is 6.37. The molecule has 226 valence electrons. The molecule has 1 saturated heterocycles. The molecule has 9 nitrogen and oxygen atoms in total. The minimum Gasteiger partial charge on any atom is -0.495 e. The molecule has 0 amide bonds. The van der Waals surface area contributed by atoms with Crippen LogP contribution in [0.15, 0.2) is 47.1 Å². The van der Waals surface area contributed by atoms with Gasteiger partial charge in [0.2, 0.25) is 5.95 Å². The molecule has 0 unspecified atom stereocenters. The molecule has 1 aliphatic carbocycles. The Labute approximate surface area is 261 Å². The molecule has 0 atom stereocenters. The highest BCUT2D eigenvalue weighted by Crippen LogP contribution is 2.44. The van der Waals surface area contributed by atoms with Gasteiger partial charge in [-0.25, -0.2) is 4.98 Å². The number of hydrogen-bond acceptors (Lipinski definition) is 9. The number of morpholine rings is 1. The number of halogens is 1. The number of aromatic nitrogens is 3. The van der Waals surface area contributed by atoms with E-state index in [9.17, 15) is 4.57 Å². The van der Waals surface area contributed by atoms with Crippen molar-refractivity contribution in [3.05, 3.63) is 58.3 Å². The second-order valence-corrected chi connectivity index (χ2v) is 15.9. The van der Waals surface area contributed by atoms with E-state index in [1.807, 2.05) is 18.2 Å². The summed E-state index contributed by atoms with van der Waals surface area (Å²) in [5.41, 5.74) is 5.81. The smallest absolute Gasteiger partial charge is 0.229 e. The number of nitrogens with one attached hydrogen (secondary N) is 2. The van der Waals surface area contributed by atoms with E-state index in [1.165, 1.54) is 12.8 Å². The highest BCUT2D eigenvalue weighted by atomic mass is 79.9. The average molecular weight is 666 g/mol. The summed E-state index contributed by atoms with van der Waals surface area (Å²) in [6.07, 6.45) is 4.09. The first-order valence-corrected chi connectivity index (χ1v) is 18.1. The Hall–Kier alpha value is -3.20. The molecule has 1 aliphatic heterocycles. The lowest BCUT2D eigenvalue weighted by Gasteiger charge is -2.31. The van der Waals surface area contributed by atoms with Crippen LogP contribution in [0.3, 0.4) is 0 Å². The van der Waals surface area contributed by atoms with Gasteiger partial charge in [-0.05, 0) is 77.8 Å². The molecule has 0 radical (unpaired) electrons. The zero-order valence-electron chi connectivity index (χ0n) is 25.3. The van der Waals surface area contributed by atoms with E-state index >= 15 is 0 Å². The molecule has 1 saturated carbocycles. The van der Waals surface area contributed by atoms with E-state index in [0.717, 1.165) is 63.4 Å². The van der Waals surface area contributed by atoms with Gasteiger partial charge in [0.05, 0.1) is 41.7 Å². The minimum atomic E-state index is -2.69. The van der Waals surface area contributed by atoms with E-state index in [4.69, 9.17) is 19.4 Å². The van der Waals surface area contributed by atoms with Gasteiger partial charge >= 0.3 is 0 Å². The van der Waals surface area contributed by atoms with Crippen molar-refractivity contribution in [2.45, 2.75) is 38.5 Å². The number of ether oxygens (including phenoxy) is 2. The number of nitrogens with zero attached hydrogens (tertiary/aromatic N) is 4. The Morgan fingerprint density at radius 2 is 1.81 bits per heavy atom. The van der Waals surface area contributed by atoms with Crippen LogP contribution in [-0.2, 0) is 9.30 Å². The van der Waals surface area contributed by atoms with E-state index in [1.54, 1.807) is 26.6 Å². The molecule has 11 heteroatoms. The van der Waals surface area contributed by atoms with Crippen molar-refractivity contribution in [2.24, 2.45) is 0 Å². The van der Waals surface area contributed by atoms with Gasteiger partial charge in [-0.1, -0.05) is 19.9 Å². The number of rotatable bonds is 9. The van der Waals surface area contributed by atoms with Crippen LogP contribution in [0.2, 0.25) is 0 Å². The predicted octanol–water partition coefficient (Wildman–Crippen LogP) is 7.37. The van der Waals surface area contributed by atoms with Crippen molar-refractivity contribution >= 4 is 68.1 Å². The summed E-state index contributed by atoms with van der Waals surface area (Å²) in [4.78, 5) is 16.6. The summed E-state index contributed by atoms with van der Waals surface area (Å²) < 4.78 is 25.7. The van der Waals surface area contributed by atoms with Crippen molar-refractivity contribution < 1.29 is 14.0 Å². The number of pyridine rings is 1. The maximum absolute atomic E-state index is 13.6. The van der Waals surface area contributed by atoms with Crippen molar-refractivity contribution in [3.8, 4) is 5.75 Å². The van der Waals surface area contributed by atoms with Crippen LogP contribution in [-0.4, -0.2) is 61.7 Å². The normalized spacial score (nSPS) is 15.7. The lowest BCUT2D eigenvalue weighted by Crippen LogP contribution is -2.36. The SMILES string of the molecule is COc1cc(Nc2ncc(Br)c(Nc3ccc4nc(C5CC5)ccc4c3P(C)(C)=O)n2)c(C(C)C)cc1N1CCOCC1. The van der Waals surface area contributed by atoms with Gasteiger partial charge in [0.15, 0.2) is 0 Å². The first-order valence-electron chi connectivity index (χ1n) is 14.7. The van der Waals surface area contributed by atoms with Crippen molar-refractivity contribution in [3.63, 3.8) is 0 Å². The molecule has 43 heavy (non-hydrogen) atoms. The third-order valence-electron chi connectivity index (χ3n) is 7.97. The second-order valence-electron chi connectivity index (χ2n) is 11.9. The highest BCUT2D eigenvalue weighted by Gasteiger charge is 2.27. The van der Waals surface area contributed by atoms with Gasteiger partial charge in [0, 0.05) is 53.3 Å². The molecule has 2 N–H and O–H groups in total. The lowest BCUT2D eigenvalue weighted by atomic mass is 9.99. The van der Waals surface area contributed by atoms with Gasteiger partial charge in [-0.3, -0.25) is 4.98 Å². The maximum atomic E-state index is 13.6. The molecule has 0 spiro atoms. The number of benzene rings is 2. The fourth-order valence-corrected chi connectivity index (χ4v) is 7.41. The van der Waals surface area contributed by atoms with Crippen LogP contribution in [0.25, 0.3) is 10.9 Å². The first kappa shape index (κ1) is 29.9. The van der Waals surface area contributed by atoms with Crippen molar-refractivity contribution in [1.82, 2.24) is 15.0 Å². The monoisotopic (exact) mass is 664 g/mol. The van der Waals surface area contributed by atoms with Crippen LogP contribution in [0.4, 0.5) is 28.8 Å². The fraction of sp³-hybridized carbons (Fsp3) is 0.406. The molecule has 4 aromatic rings. The van der Waals surface area contributed by atoms with Crippen LogP contribution < -0.4 is 25.6 Å². The Balaban J connectivity index is 1.34. The maximum Gasteiger partial charge on any atom is 0.229 e. The van der Waals surface area contributed by atoms with Gasteiger partial charge in [-0.2, -0.15) is 4.98 Å². The van der Waals surface area contributed by atoms with E-state index in [-0.39, 0.29) is 5.92 Å². The third-order valence-corrected chi connectivity index (χ3v) is 10.1. The number of hydrogen-bond donors (Lipinski definition) is 2. The standard InChI is InChI=1S/C32H38BrN6O3P/c1-19(2)22-16-28(39-12-14-42-15-13-39)29(41-3)17-27(22)37-32-34-18-23(33)31(38-32)36-26-11-10-25-21(30(26)43(4,5)40)8-9-24(35-25)20-6-7-20/h8-11,16-20H,6-7,12-15H2,1-5H3,(H2,34,36,37,38). The number of methoxy groups -OCH3 is 1. The molecular weight excluding hydrogens is 627 g/mol. The zero-order chi connectivity index (χ0) is 30.3. The molecule has 2 aromatic carbocycles. The largest absolute Gasteiger partial charge is 0.495 e. The Morgan fingerprint density at radius 1 is 1.05 bits per heavy atom. The summed E-state index contributed by atoms with van der Waals surface area (Å²) in [6, 6.07) is 12.3.